The molecule has 0 aromatic heterocycles. The van der Waals surface area contributed by atoms with Crippen LogP contribution in [0, 0.1) is 0 Å². The standard InChI is InChI=1S/C10H23N3O/c1-5-12-9(10(11)14)7-13(6-2)8(3)4/h8-9,12H,5-7H2,1-4H3,(H2,11,14). The molecule has 0 aromatic carbocycles. The van der Waals surface area contributed by atoms with Crippen LogP contribution in [0.25, 0.3) is 0 Å². The van der Waals surface area contributed by atoms with Crippen molar-refractivity contribution in [3.05, 3.63) is 0 Å². The van der Waals surface area contributed by atoms with Crippen LogP contribution < -0.4 is 11.1 Å². The van der Waals surface area contributed by atoms with Crippen molar-refractivity contribution < 1.29 is 4.79 Å². The van der Waals surface area contributed by atoms with Crippen LogP contribution in [0.2, 0.25) is 0 Å². The molecule has 4 heteroatoms. The maximum atomic E-state index is 11.1. The van der Waals surface area contributed by atoms with Crippen LogP contribution in [0.1, 0.15) is 27.7 Å². The average molecular weight is 201 g/mol. The van der Waals surface area contributed by atoms with Crippen molar-refractivity contribution in [3.63, 3.8) is 0 Å². The topological polar surface area (TPSA) is 58.4 Å². The van der Waals surface area contributed by atoms with Gasteiger partial charge in [0.1, 0.15) is 0 Å². The predicted molar refractivity (Wildman–Crippen MR) is 59.0 cm³/mol. The fourth-order valence-electron chi connectivity index (χ4n) is 1.44. The molecule has 4 nitrogen and oxygen atoms in total. The number of nitrogens with one attached hydrogen (secondary N) is 1. The number of amides is 1. The zero-order chi connectivity index (χ0) is 11.1. The third-order valence-corrected chi connectivity index (χ3v) is 2.35. The Hall–Kier alpha value is -0.610. The lowest BCUT2D eigenvalue weighted by atomic mass is 10.2. The van der Waals surface area contributed by atoms with Crippen LogP contribution in [-0.4, -0.2) is 42.5 Å². The van der Waals surface area contributed by atoms with Gasteiger partial charge in [0.05, 0.1) is 6.04 Å². The first-order valence-corrected chi connectivity index (χ1v) is 5.29. The first kappa shape index (κ1) is 13.4. The SMILES string of the molecule is CCNC(CN(CC)C(C)C)C(N)=O. The van der Waals surface area contributed by atoms with Crippen molar-refractivity contribution in [1.82, 2.24) is 10.2 Å². The van der Waals surface area contributed by atoms with Gasteiger partial charge in [0, 0.05) is 12.6 Å². The Bertz CT molecular complexity index is 171. The molecule has 0 heterocycles. The summed E-state index contributed by atoms with van der Waals surface area (Å²) in [5, 5.41) is 3.09. The highest BCUT2D eigenvalue weighted by atomic mass is 16.1. The van der Waals surface area contributed by atoms with Gasteiger partial charge < -0.3 is 11.1 Å². The summed E-state index contributed by atoms with van der Waals surface area (Å²) in [6.45, 7) is 10.7. The van der Waals surface area contributed by atoms with Crippen molar-refractivity contribution in [2.24, 2.45) is 5.73 Å². The van der Waals surface area contributed by atoms with Gasteiger partial charge >= 0.3 is 0 Å². The summed E-state index contributed by atoms with van der Waals surface area (Å²) in [6, 6.07) is 0.211. The molecule has 0 saturated carbocycles. The highest BCUT2D eigenvalue weighted by Crippen LogP contribution is 1.99. The van der Waals surface area contributed by atoms with Crippen LogP contribution >= 0.6 is 0 Å². The zero-order valence-corrected chi connectivity index (χ0v) is 9.71. The molecule has 0 radical (unpaired) electrons. The molecule has 0 bridgehead atoms. The van der Waals surface area contributed by atoms with Crippen LogP contribution in [0.15, 0.2) is 0 Å². The second kappa shape index (κ2) is 6.79. The lowest BCUT2D eigenvalue weighted by Gasteiger charge is -2.28. The molecule has 84 valence electrons. The summed E-state index contributed by atoms with van der Waals surface area (Å²) in [7, 11) is 0. The Morgan fingerprint density at radius 2 is 2.00 bits per heavy atom. The molecule has 0 aliphatic heterocycles. The van der Waals surface area contributed by atoms with Gasteiger partial charge in [0.2, 0.25) is 5.91 Å². The quantitative estimate of drug-likeness (QED) is 0.618. The second-order valence-electron chi connectivity index (χ2n) is 3.69. The van der Waals surface area contributed by atoms with Crippen molar-refractivity contribution in [2.45, 2.75) is 39.8 Å². The van der Waals surface area contributed by atoms with E-state index in [2.05, 4.69) is 31.0 Å². The van der Waals surface area contributed by atoms with Crippen molar-refractivity contribution >= 4 is 5.91 Å². The molecular formula is C10H23N3O. The number of hydrogen-bond acceptors (Lipinski definition) is 3. The highest BCUT2D eigenvalue weighted by molar-refractivity contribution is 5.80. The van der Waals surface area contributed by atoms with E-state index in [1.807, 2.05) is 6.92 Å². The summed E-state index contributed by atoms with van der Waals surface area (Å²) >= 11 is 0. The molecule has 0 aliphatic carbocycles. The van der Waals surface area contributed by atoms with Crippen molar-refractivity contribution in [1.29, 1.82) is 0 Å². The molecule has 0 aromatic rings. The number of rotatable bonds is 7. The molecule has 0 fully saturated rings. The number of nitrogens with two attached hydrogens (primary N) is 1. The van der Waals surface area contributed by atoms with Gasteiger partial charge in [-0.2, -0.15) is 0 Å². The molecule has 0 rings (SSSR count). The number of likely N-dealkylation sites (N-methyl/N-ethyl adjacent to an activating group) is 2. The van der Waals surface area contributed by atoms with Gasteiger partial charge in [-0.25, -0.2) is 0 Å². The number of carbonyl (C=O) groups excluding carboxylic acids is 1. The smallest absolute Gasteiger partial charge is 0.235 e. The van der Waals surface area contributed by atoms with Gasteiger partial charge in [-0.15, -0.1) is 0 Å². The molecule has 14 heavy (non-hydrogen) atoms. The van der Waals surface area contributed by atoms with Crippen LogP contribution in [-0.2, 0) is 4.79 Å². The first-order chi connectivity index (χ1) is 6.52. The minimum atomic E-state index is -0.272. The lowest BCUT2D eigenvalue weighted by molar-refractivity contribution is -0.120. The molecule has 3 N–H and O–H groups in total. The summed E-state index contributed by atoms with van der Waals surface area (Å²) in [5.41, 5.74) is 5.30. The summed E-state index contributed by atoms with van der Waals surface area (Å²) in [4.78, 5) is 13.3. The van der Waals surface area contributed by atoms with E-state index in [-0.39, 0.29) is 11.9 Å². The Morgan fingerprint density at radius 3 is 2.29 bits per heavy atom. The number of hydrogen-bond donors (Lipinski definition) is 2. The summed E-state index contributed by atoms with van der Waals surface area (Å²) in [6.07, 6.45) is 0. The Balaban J connectivity index is 4.18. The predicted octanol–water partition coefficient (Wildman–Crippen LogP) is 0.180. The molecular weight excluding hydrogens is 178 g/mol. The molecule has 0 saturated heterocycles. The van der Waals surface area contributed by atoms with E-state index in [4.69, 9.17) is 5.73 Å². The Kier molecular flexibility index (Phi) is 6.49. The summed E-state index contributed by atoms with van der Waals surface area (Å²) < 4.78 is 0. The van der Waals surface area contributed by atoms with E-state index in [0.29, 0.717) is 12.6 Å². The van der Waals surface area contributed by atoms with Gasteiger partial charge in [-0.1, -0.05) is 13.8 Å². The van der Waals surface area contributed by atoms with Crippen LogP contribution in [0.4, 0.5) is 0 Å². The molecule has 1 atom stereocenters. The lowest BCUT2D eigenvalue weighted by Crippen LogP contribution is -2.50. The largest absolute Gasteiger partial charge is 0.368 e. The molecule has 0 aliphatic rings. The van der Waals surface area contributed by atoms with Crippen molar-refractivity contribution in [2.75, 3.05) is 19.6 Å². The number of primary amides is 1. The first-order valence-electron chi connectivity index (χ1n) is 5.29. The fourth-order valence-corrected chi connectivity index (χ4v) is 1.44. The second-order valence-corrected chi connectivity index (χ2v) is 3.69. The Morgan fingerprint density at radius 1 is 1.43 bits per heavy atom. The van der Waals surface area contributed by atoms with Gasteiger partial charge in [0.15, 0.2) is 0 Å². The van der Waals surface area contributed by atoms with Gasteiger partial charge in [-0.3, -0.25) is 9.69 Å². The van der Waals surface area contributed by atoms with Crippen LogP contribution in [0.3, 0.4) is 0 Å². The molecule has 0 spiro atoms. The fraction of sp³-hybridized carbons (Fsp3) is 0.900. The van der Waals surface area contributed by atoms with E-state index in [1.54, 1.807) is 0 Å². The highest BCUT2D eigenvalue weighted by Gasteiger charge is 2.18. The van der Waals surface area contributed by atoms with E-state index in [9.17, 15) is 4.79 Å². The third kappa shape index (κ3) is 4.58. The van der Waals surface area contributed by atoms with Crippen molar-refractivity contribution in [3.8, 4) is 0 Å². The van der Waals surface area contributed by atoms with Gasteiger partial charge in [-0.05, 0) is 26.9 Å². The van der Waals surface area contributed by atoms with Crippen LogP contribution in [0.5, 0.6) is 0 Å². The van der Waals surface area contributed by atoms with E-state index in [0.717, 1.165) is 13.1 Å². The molecule has 1 unspecified atom stereocenters. The van der Waals surface area contributed by atoms with Gasteiger partial charge in [0.25, 0.3) is 0 Å². The monoisotopic (exact) mass is 201 g/mol. The maximum Gasteiger partial charge on any atom is 0.235 e. The third-order valence-electron chi connectivity index (χ3n) is 2.35. The minimum Gasteiger partial charge on any atom is -0.368 e. The maximum absolute atomic E-state index is 11.1. The van der Waals surface area contributed by atoms with E-state index < -0.39 is 0 Å². The average Bonchev–Trinajstić information content (AvgIpc) is 2.11. The zero-order valence-electron chi connectivity index (χ0n) is 9.71. The normalized spacial score (nSPS) is 13.6. The van der Waals surface area contributed by atoms with E-state index in [1.165, 1.54) is 0 Å². The Labute approximate surface area is 86.8 Å². The summed E-state index contributed by atoms with van der Waals surface area (Å²) in [5.74, 6) is -0.272. The number of nitrogens with zero attached hydrogens (tertiary/aromatic N) is 1. The number of carbonyl (C=O) groups is 1. The molecule has 1 amide bonds. The minimum absolute atomic E-state index is 0.234. The van der Waals surface area contributed by atoms with E-state index >= 15 is 0 Å².